The highest BCUT2D eigenvalue weighted by atomic mass is 16.5. The number of ether oxygens (including phenoxy) is 1. The monoisotopic (exact) mass is 212 g/mol. The molecule has 1 atom stereocenters. The van der Waals surface area contributed by atoms with Crippen LogP contribution in [-0.4, -0.2) is 12.6 Å². The van der Waals surface area contributed by atoms with Crippen molar-refractivity contribution in [3.63, 3.8) is 0 Å². The minimum Gasteiger partial charge on any atom is -0.466 e. The number of carbonyl (C=O) groups excluding carboxylic acids is 1. The molecule has 0 fully saturated rings. The van der Waals surface area contributed by atoms with Crippen molar-refractivity contribution in [3.05, 3.63) is 12.2 Å². The van der Waals surface area contributed by atoms with Crippen LogP contribution in [0.1, 0.15) is 52.9 Å². The maximum Gasteiger partial charge on any atom is 0.302 e. The molecule has 0 aliphatic heterocycles. The maximum absolute atomic E-state index is 10.6. The first kappa shape index (κ1) is 14.2. The lowest BCUT2D eigenvalue weighted by Crippen LogP contribution is -2.08. The molecule has 1 unspecified atom stereocenters. The third-order valence-electron chi connectivity index (χ3n) is 2.29. The van der Waals surface area contributed by atoms with Gasteiger partial charge in [-0.3, -0.25) is 4.79 Å². The molecule has 15 heavy (non-hydrogen) atoms. The number of esters is 1. The van der Waals surface area contributed by atoms with E-state index in [1.165, 1.54) is 26.2 Å². The fourth-order valence-electron chi connectivity index (χ4n) is 1.28. The van der Waals surface area contributed by atoms with Crippen LogP contribution in [0.15, 0.2) is 12.2 Å². The van der Waals surface area contributed by atoms with Gasteiger partial charge in [0.1, 0.15) is 0 Å². The van der Waals surface area contributed by atoms with Crippen LogP contribution in [0.25, 0.3) is 0 Å². The van der Waals surface area contributed by atoms with Crippen molar-refractivity contribution in [3.8, 4) is 0 Å². The molecule has 2 heteroatoms. The van der Waals surface area contributed by atoms with Crippen molar-refractivity contribution in [1.29, 1.82) is 0 Å². The molecule has 0 aliphatic carbocycles. The average molecular weight is 212 g/mol. The van der Waals surface area contributed by atoms with Crippen LogP contribution < -0.4 is 0 Å². The summed E-state index contributed by atoms with van der Waals surface area (Å²) in [5, 5.41) is 0. The Balaban J connectivity index is 3.33. The molecule has 0 aliphatic rings. The summed E-state index contributed by atoms with van der Waals surface area (Å²) in [5.74, 6) is 0.282. The van der Waals surface area contributed by atoms with E-state index in [9.17, 15) is 4.79 Å². The summed E-state index contributed by atoms with van der Waals surface area (Å²) in [6.45, 7) is 6.33. The highest BCUT2D eigenvalue weighted by Gasteiger charge is 2.02. The molecule has 0 aromatic carbocycles. The van der Waals surface area contributed by atoms with E-state index in [1.54, 1.807) is 0 Å². The number of carbonyl (C=O) groups is 1. The number of unbranched alkanes of at least 4 members (excludes halogenated alkanes) is 2. The molecule has 0 bridgehead atoms. The van der Waals surface area contributed by atoms with Crippen molar-refractivity contribution in [1.82, 2.24) is 0 Å². The van der Waals surface area contributed by atoms with Gasteiger partial charge < -0.3 is 4.74 Å². The highest BCUT2D eigenvalue weighted by molar-refractivity contribution is 5.65. The topological polar surface area (TPSA) is 26.3 Å². The number of rotatable bonds is 8. The van der Waals surface area contributed by atoms with Crippen molar-refractivity contribution in [2.45, 2.75) is 52.9 Å². The van der Waals surface area contributed by atoms with Crippen LogP contribution in [0.3, 0.4) is 0 Å². The minimum atomic E-state index is -0.180. The maximum atomic E-state index is 10.6. The Bertz CT molecular complexity index is 185. The summed E-state index contributed by atoms with van der Waals surface area (Å²) in [7, 11) is 0. The van der Waals surface area contributed by atoms with Gasteiger partial charge in [-0.1, -0.05) is 38.8 Å². The first-order valence-corrected chi connectivity index (χ1v) is 5.95. The van der Waals surface area contributed by atoms with Crippen LogP contribution >= 0.6 is 0 Å². The SMILES string of the molecule is CCCC/C=C\CCC(C)COC(C)=O. The normalized spacial score (nSPS) is 13.0. The van der Waals surface area contributed by atoms with Gasteiger partial charge in [0.05, 0.1) is 6.61 Å². The molecule has 0 aromatic rings. The Morgan fingerprint density at radius 2 is 2.00 bits per heavy atom. The molecule has 0 saturated carbocycles. The van der Waals surface area contributed by atoms with Crippen LogP contribution in [0.2, 0.25) is 0 Å². The zero-order chi connectivity index (χ0) is 11.5. The lowest BCUT2D eigenvalue weighted by molar-refractivity contribution is -0.142. The van der Waals surface area contributed by atoms with E-state index in [1.807, 2.05) is 0 Å². The quantitative estimate of drug-likeness (QED) is 0.348. The minimum absolute atomic E-state index is 0.180. The molecule has 0 heterocycles. The molecule has 0 amide bonds. The van der Waals surface area contributed by atoms with Crippen molar-refractivity contribution >= 4 is 5.97 Å². The summed E-state index contributed by atoms with van der Waals surface area (Å²) in [5.41, 5.74) is 0. The highest BCUT2D eigenvalue weighted by Crippen LogP contribution is 2.07. The van der Waals surface area contributed by atoms with Crippen molar-refractivity contribution < 1.29 is 9.53 Å². The van der Waals surface area contributed by atoms with E-state index in [-0.39, 0.29) is 5.97 Å². The van der Waals surface area contributed by atoms with Gasteiger partial charge in [0, 0.05) is 6.92 Å². The predicted octanol–water partition coefficient (Wildman–Crippen LogP) is 3.71. The molecule has 88 valence electrons. The molecule has 0 N–H and O–H groups in total. The molecule has 0 saturated heterocycles. The third-order valence-corrected chi connectivity index (χ3v) is 2.29. The number of allylic oxidation sites excluding steroid dienone is 2. The smallest absolute Gasteiger partial charge is 0.302 e. The second-order valence-electron chi connectivity index (χ2n) is 4.10. The summed E-state index contributed by atoms with van der Waals surface area (Å²) >= 11 is 0. The van der Waals surface area contributed by atoms with Crippen LogP contribution in [-0.2, 0) is 9.53 Å². The van der Waals surface area contributed by atoms with Crippen LogP contribution in [0, 0.1) is 5.92 Å². The Hall–Kier alpha value is -0.790. The van der Waals surface area contributed by atoms with Crippen LogP contribution in [0.4, 0.5) is 0 Å². The average Bonchev–Trinajstić information content (AvgIpc) is 2.20. The van der Waals surface area contributed by atoms with Gasteiger partial charge in [0.2, 0.25) is 0 Å². The third kappa shape index (κ3) is 11.1. The van der Waals surface area contributed by atoms with Gasteiger partial charge in [-0.2, -0.15) is 0 Å². The fraction of sp³-hybridized carbons (Fsp3) is 0.769. The van der Waals surface area contributed by atoms with Gasteiger partial charge in [-0.25, -0.2) is 0 Å². The fourth-order valence-corrected chi connectivity index (χ4v) is 1.28. The molecule has 0 spiro atoms. The molecule has 0 radical (unpaired) electrons. The lowest BCUT2D eigenvalue weighted by Gasteiger charge is -2.09. The Morgan fingerprint density at radius 3 is 2.60 bits per heavy atom. The Kier molecular flexibility index (Phi) is 9.24. The summed E-state index contributed by atoms with van der Waals surface area (Å²) < 4.78 is 4.94. The van der Waals surface area contributed by atoms with E-state index in [4.69, 9.17) is 4.74 Å². The molecule has 2 nitrogen and oxygen atoms in total. The zero-order valence-electron chi connectivity index (χ0n) is 10.3. The van der Waals surface area contributed by atoms with E-state index in [0.717, 1.165) is 12.8 Å². The number of hydrogen-bond donors (Lipinski definition) is 0. The Morgan fingerprint density at radius 1 is 1.33 bits per heavy atom. The summed E-state index contributed by atoms with van der Waals surface area (Å²) in [6.07, 6.45) is 10.4. The number of hydrogen-bond acceptors (Lipinski definition) is 2. The van der Waals surface area contributed by atoms with Gasteiger partial charge in [-0.15, -0.1) is 0 Å². The van der Waals surface area contributed by atoms with Gasteiger partial charge in [-0.05, 0) is 25.2 Å². The summed E-state index contributed by atoms with van der Waals surface area (Å²) in [4.78, 5) is 10.6. The standard InChI is InChI=1S/C13H24O2/c1-4-5-6-7-8-9-10-12(2)11-15-13(3)14/h7-8,12H,4-6,9-11H2,1-3H3/b8-7-. The molecule has 0 rings (SSSR count). The van der Waals surface area contributed by atoms with Gasteiger partial charge in [0.25, 0.3) is 0 Å². The first-order chi connectivity index (χ1) is 7.16. The largest absolute Gasteiger partial charge is 0.466 e. The van der Waals surface area contributed by atoms with Crippen molar-refractivity contribution in [2.75, 3.05) is 6.61 Å². The zero-order valence-corrected chi connectivity index (χ0v) is 10.3. The first-order valence-electron chi connectivity index (χ1n) is 5.95. The van der Waals surface area contributed by atoms with E-state index < -0.39 is 0 Å². The molecule has 0 aromatic heterocycles. The molecular weight excluding hydrogens is 188 g/mol. The second kappa shape index (κ2) is 9.75. The van der Waals surface area contributed by atoms with E-state index >= 15 is 0 Å². The van der Waals surface area contributed by atoms with E-state index in [0.29, 0.717) is 12.5 Å². The summed E-state index contributed by atoms with van der Waals surface area (Å²) in [6, 6.07) is 0. The van der Waals surface area contributed by atoms with Crippen LogP contribution in [0.5, 0.6) is 0 Å². The van der Waals surface area contributed by atoms with Gasteiger partial charge in [0.15, 0.2) is 0 Å². The van der Waals surface area contributed by atoms with Gasteiger partial charge >= 0.3 is 5.97 Å². The van der Waals surface area contributed by atoms with Crippen molar-refractivity contribution in [2.24, 2.45) is 5.92 Å². The Labute approximate surface area is 93.7 Å². The van der Waals surface area contributed by atoms with E-state index in [2.05, 4.69) is 26.0 Å². The second-order valence-corrected chi connectivity index (χ2v) is 4.10. The molecular formula is C13H24O2. The lowest BCUT2D eigenvalue weighted by atomic mass is 10.1. The predicted molar refractivity (Wildman–Crippen MR) is 63.7 cm³/mol.